The highest BCUT2D eigenvalue weighted by atomic mass is 35.5. The number of hydrogen-bond acceptors (Lipinski definition) is 7. The molecule has 9 heteroatoms. The van der Waals surface area contributed by atoms with Gasteiger partial charge in [-0.25, -0.2) is 8.42 Å². The first-order chi connectivity index (χ1) is 19.4. The molecule has 40 heavy (non-hydrogen) atoms. The summed E-state index contributed by atoms with van der Waals surface area (Å²) < 4.78 is 37.6. The normalized spacial score (nSPS) is 23.4. The fourth-order valence-corrected chi connectivity index (χ4v) is 6.68. The largest absolute Gasteiger partial charge is 0.457 e. The van der Waals surface area contributed by atoms with Gasteiger partial charge in [0.1, 0.15) is 17.4 Å². The van der Waals surface area contributed by atoms with E-state index in [1.54, 1.807) is 36.4 Å². The van der Waals surface area contributed by atoms with Crippen LogP contribution in [0.1, 0.15) is 83.5 Å². The zero-order valence-corrected chi connectivity index (χ0v) is 24.8. The van der Waals surface area contributed by atoms with E-state index in [0.717, 1.165) is 38.7 Å². The minimum Gasteiger partial charge on any atom is -0.457 e. The van der Waals surface area contributed by atoms with E-state index in [1.807, 2.05) is 0 Å². The van der Waals surface area contributed by atoms with Crippen molar-refractivity contribution in [1.29, 1.82) is 0 Å². The summed E-state index contributed by atoms with van der Waals surface area (Å²) in [4.78, 5) is 18.5. The van der Waals surface area contributed by atoms with Gasteiger partial charge in [-0.05, 0) is 86.6 Å². The highest BCUT2D eigenvalue weighted by Crippen LogP contribution is 2.34. The topological polar surface area (TPSA) is 90.9 Å². The van der Waals surface area contributed by atoms with E-state index in [1.165, 1.54) is 57.1 Å². The van der Waals surface area contributed by atoms with Crippen LogP contribution in [0.15, 0.2) is 53.4 Å². The van der Waals surface area contributed by atoms with Crippen molar-refractivity contribution >= 4 is 27.4 Å². The van der Waals surface area contributed by atoms with Gasteiger partial charge in [-0.15, -0.1) is 5.48 Å². The van der Waals surface area contributed by atoms with E-state index in [-0.39, 0.29) is 16.9 Å². The maximum Gasteiger partial charge on any atom is 0.327 e. The van der Waals surface area contributed by atoms with Crippen LogP contribution in [0.3, 0.4) is 0 Å². The maximum atomic E-state index is 13.1. The summed E-state index contributed by atoms with van der Waals surface area (Å²) >= 11 is 5.90. The van der Waals surface area contributed by atoms with Gasteiger partial charge in [0.15, 0.2) is 9.84 Å². The number of nitrogens with one attached hydrogen (secondary N) is 1. The van der Waals surface area contributed by atoms with Crippen molar-refractivity contribution < 1.29 is 27.5 Å². The molecule has 2 bridgehead atoms. The third-order valence-corrected chi connectivity index (χ3v) is 9.65. The number of halogens is 1. The fourth-order valence-electron chi connectivity index (χ4n) is 5.62. The van der Waals surface area contributed by atoms with Crippen molar-refractivity contribution in [1.82, 2.24) is 5.48 Å². The molecule has 2 aliphatic rings. The summed E-state index contributed by atoms with van der Waals surface area (Å²) in [6.45, 7) is 0.733. The lowest BCUT2D eigenvalue weighted by Crippen LogP contribution is -2.31. The van der Waals surface area contributed by atoms with Crippen LogP contribution >= 0.6 is 11.6 Å². The molecule has 0 amide bonds. The molecule has 1 aliphatic heterocycles. The summed E-state index contributed by atoms with van der Waals surface area (Å²) in [5.74, 6) is 0.349. The maximum absolute atomic E-state index is 13.1. The molecule has 0 aromatic heterocycles. The van der Waals surface area contributed by atoms with Crippen molar-refractivity contribution in [2.45, 2.75) is 94.5 Å². The number of rotatable bonds is 7. The minimum atomic E-state index is -3.72. The van der Waals surface area contributed by atoms with E-state index in [9.17, 15) is 13.2 Å². The number of ether oxygens (including phenoxy) is 2. The highest BCUT2D eigenvalue weighted by Gasteiger charge is 2.32. The van der Waals surface area contributed by atoms with Gasteiger partial charge in [0.2, 0.25) is 0 Å². The molecule has 1 aliphatic carbocycles. The quantitative estimate of drug-likeness (QED) is 0.331. The Morgan fingerprint density at radius 3 is 2.15 bits per heavy atom. The monoisotopic (exact) mass is 591 g/mol. The van der Waals surface area contributed by atoms with Crippen LogP contribution in [0, 0.1) is 11.8 Å². The molecule has 1 saturated heterocycles. The zero-order valence-electron chi connectivity index (χ0n) is 23.2. The van der Waals surface area contributed by atoms with Crippen molar-refractivity contribution in [3.63, 3.8) is 0 Å². The number of fused-ring (bicyclic) bond motifs is 3. The van der Waals surface area contributed by atoms with Crippen LogP contribution in [-0.2, 0) is 24.2 Å². The lowest BCUT2D eigenvalue weighted by Gasteiger charge is -2.20. The van der Waals surface area contributed by atoms with E-state index >= 15 is 0 Å². The van der Waals surface area contributed by atoms with Gasteiger partial charge in [-0.2, -0.15) is 0 Å². The Kier molecular flexibility index (Phi) is 12.1. The Labute approximate surface area is 243 Å². The molecular formula is C31H42ClNO6S. The van der Waals surface area contributed by atoms with Gasteiger partial charge in [-0.3, -0.25) is 4.79 Å². The molecule has 1 heterocycles. The third kappa shape index (κ3) is 10.1. The molecule has 2 aromatic rings. The predicted octanol–water partition coefficient (Wildman–Crippen LogP) is 7.63. The molecular weight excluding hydrogens is 550 g/mol. The lowest BCUT2D eigenvalue weighted by atomic mass is 9.89. The average Bonchev–Trinajstić information content (AvgIpc) is 3.15. The molecule has 3 unspecified atom stereocenters. The predicted molar refractivity (Wildman–Crippen MR) is 156 cm³/mol. The Morgan fingerprint density at radius 1 is 0.825 bits per heavy atom. The second kappa shape index (κ2) is 15.8. The molecule has 1 N–H and O–H groups in total. The fraction of sp³-hybridized carbons (Fsp3) is 0.581. The highest BCUT2D eigenvalue weighted by molar-refractivity contribution is 7.91. The van der Waals surface area contributed by atoms with Crippen LogP contribution in [0.5, 0.6) is 11.5 Å². The molecule has 0 radical (unpaired) electrons. The number of sulfone groups is 1. The van der Waals surface area contributed by atoms with Crippen molar-refractivity contribution in [2.24, 2.45) is 11.8 Å². The van der Waals surface area contributed by atoms with Gasteiger partial charge in [0.05, 0.1) is 16.9 Å². The number of carbonyl (C=O) groups is 1. The standard InChI is InChI=1S/C31H42ClNO6S/c32-26-11-14-27(15-12-26)38-28-16-18-30(19-17-28)40(35,36)23-33-39-31(34)25-21-24-9-7-5-3-1-2-4-6-8-20-37-29(22-25)13-10-24/h11-12,14-19,24-25,29,33H,1-10,13,20-23H2. The summed E-state index contributed by atoms with van der Waals surface area (Å²) in [6.07, 6.45) is 14.4. The molecule has 1 saturated carbocycles. The van der Waals surface area contributed by atoms with Crippen LogP contribution in [0.4, 0.5) is 0 Å². The number of hydroxylamine groups is 1. The SMILES string of the molecule is O=C(ONCS(=O)(=O)c1ccc(Oc2ccc(Cl)cc2)cc1)C1CC2CCCCCCCCCCOC(CC2)C1. The first kappa shape index (κ1) is 30.8. The van der Waals surface area contributed by atoms with Gasteiger partial charge < -0.3 is 14.3 Å². The van der Waals surface area contributed by atoms with Crippen LogP contribution in [0.25, 0.3) is 0 Å². The molecule has 0 spiro atoms. The lowest BCUT2D eigenvalue weighted by molar-refractivity contribution is -0.157. The Balaban J connectivity index is 1.29. The van der Waals surface area contributed by atoms with Gasteiger partial charge in [0, 0.05) is 11.6 Å². The average molecular weight is 592 g/mol. The van der Waals surface area contributed by atoms with Crippen molar-refractivity contribution in [3.8, 4) is 11.5 Å². The van der Waals surface area contributed by atoms with Gasteiger partial charge in [-0.1, -0.05) is 63.0 Å². The molecule has 220 valence electrons. The Morgan fingerprint density at radius 2 is 1.45 bits per heavy atom. The third-order valence-electron chi connectivity index (χ3n) is 7.91. The minimum absolute atomic E-state index is 0.0463. The van der Waals surface area contributed by atoms with Crippen molar-refractivity contribution in [3.05, 3.63) is 53.6 Å². The van der Waals surface area contributed by atoms with E-state index in [2.05, 4.69) is 5.48 Å². The number of benzene rings is 2. The summed E-state index contributed by atoms with van der Waals surface area (Å²) in [6, 6.07) is 13.0. The zero-order chi connectivity index (χ0) is 28.2. The summed E-state index contributed by atoms with van der Waals surface area (Å²) in [7, 11) is -3.72. The van der Waals surface area contributed by atoms with Crippen molar-refractivity contribution in [2.75, 3.05) is 12.5 Å². The molecule has 2 fully saturated rings. The van der Waals surface area contributed by atoms with Crippen LogP contribution < -0.4 is 10.2 Å². The molecule has 7 nitrogen and oxygen atoms in total. The summed E-state index contributed by atoms with van der Waals surface area (Å²) in [5, 5.41) is 0.602. The first-order valence-corrected chi connectivity index (χ1v) is 16.7. The number of hydrogen-bond donors (Lipinski definition) is 1. The van der Waals surface area contributed by atoms with Gasteiger partial charge >= 0.3 is 5.97 Å². The van der Waals surface area contributed by atoms with Crippen LogP contribution in [-0.4, -0.2) is 33.0 Å². The smallest absolute Gasteiger partial charge is 0.327 e. The Bertz CT molecular complexity index is 1130. The molecule has 2 aromatic carbocycles. The molecule has 3 atom stereocenters. The second-order valence-corrected chi connectivity index (χ2v) is 13.5. The Hall–Kier alpha value is -2.13. The van der Waals surface area contributed by atoms with Gasteiger partial charge in [0.25, 0.3) is 0 Å². The van der Waals surface area contributed by atoms with E-state index in [4.69, 9.17) is 25.9 Å². The first-order valence-electron chi connectivity index (χ1n) is 14.7. The molecule has 4 rings (SSSR count). The second-order valence-electron chi connectivity index (χ2n) is 11.1. The van der Waals surface area contributed by atoms with E-state index < -0.39 is 21.7 Å². The van der Waals surface area contributed by atoms with Crippen LogP contribution in [0.2, 0.25) is 5.02 Å². The number of carbonyl (C=O) groups excluding carboxylic acids is 1. The van der Waals surface area contributed by atoms with E-state index in [0.29, 0.717) is 28.9 Å². The summed E-state index contributed by atoms with van der Waals surface area (Å²) in [5.41, 5.74) is 2.43.